The van der Waals surface area contributed by atoms with Gasteiger partial charge in [-0.3, -0.25) is 14.4 Å². The Morgan fingerprint density at radius 1 is 1.06 bits per heavy atom. The molecule has 188 valence electrons. The van der Waals surface area contributed by atoms with E-state index in [1.54, 1.807) is 47.4 Å². The maximum atomic E-state index is 13.6. The summed E-state index contributed by atoms with van der Waals surface area (Å²) >= 11 is 0. The first-order chi connectivity index (χ1) is 17.4. The van der Waals surface area contributed by atoms with Crippen molar-refractivity contribution in [1.82, 2.24) is 15.5 Å². The molecule has 4 rings (SSSR count). The number of rotatable bonds is 8. The van der Waals surface area contributed by atoms with Gasteiger partial charge < -0.3 is 24.7 Å². The smallest absolute Gasteiger partial charge is 0.253 e. The number of halogens is 1. The van der Waals surface area contributed by atoms with Gasteiger partial charge in [0.1, 0.15) is 23.4 Å². The molecule has 36 heavy (non-hydrogen) atoms. The Morgan fingerprint density at radius 3 is 2.50 bits per heavy atom. The number of benzene rings is 2. The lowest BCUT2D eigenvalue weighted by molar-refractivity contribution is -0.124. The quantitative estimate of drug-likeness (QED) is 0.501. The highest BCUT2D eigenvalue weighted by atomic mass is 19.1. The van der Waals surface area contributed by atoms with E-state index in [0.717, 1.165) is 0 Å². The Hall–Kier alpha value is -4.14. The van der Waals surface area contributed by atoms with Crippen LogP contribution in [0.4, 0.5) is 4.39 Å². The van der Waals surface area contributed by atoms with Crippen LogP contribution in [0, 0.1) is 11.7 Å². The number of methoxy groups -OCH3 is 1. The van der Waals surface area contributed by atoms with Crippen LogP contribution in [0.25, 0.3) is 0 Å². The van der Waals surface area contributed by atoms with Crippen molar-refractivity contribution in [3.8, 4) is 5.75 Å². The first-order valence-corrected chi connectivity index (χ1v) is 11.7. The molecule has 2 N–H and O–H groups in total. The third kappa shape index (κ3) is 6.10. The first kappa shape index (κ1) is 25.0. The zero-order valence-electron chi connectivity index (χ0n) is 19.9. The third-order valence-electron chi connectivity index (χ3n) is 6.29. The van der Waals surface area contributed by atoms with Gasteiger partial charge in [0.15, 0.2) is 0 Å². The second-order valence-electron chi connectivity index (χ2n) is 8.62. The molecular formula is C27H28FN3O5. The Labute approximate surface area is 208 Å². The molecule has 1 fully saturated rings. The first-order valence-electron chi connectivity index (χ1n) is 11.7. The molecule has 1 aliphatic rings. The number of piperidine rings is 1. The molecule has 1 aliphatic heterocycles. The number of ether oxygens (including phenoxy) is 1. The van der Waals surface area contributed by atoms with E-state index in [-0.39, 0.29) is 29.8 Å². The maximum Gasteiger partial charge on any atom is 0.253 e. The minimum Gasteiger partial charge on any atom is -0.497 e. The van der Waals surface area contributed by atoms with Gasteiger partial charge in [0, 0.05) is 24.2 Å². The number of hydrogen-bond acceptors (Lipinski definition) is 5. The van der Waals surface area contributed by atoms with Crippen molar-refractivity contribution < 1.29 is 27.9 Å². The van der Waals surface area contributed by atoms with E-state index >= 15 is 0 Å². The number of nitrogens with one attached hydrogen (secondary N) is 2. The van der Waals surface area contributed by atoms with Crippen LogP contribution in [0.3, 0.4) is 0 Å². The van der Waals surface area contributed by atoms with Crippen molar-refractivity contribution in [3.63, 3.8) is 0 Å². The molecule has 1 saturated heterocycles. The fraction of sp³-hybridized carbons (Fsp3) is 0.296. The summed E-state index contributed by atoms with van der Waals surface area (Å²) in [6.45, 7) is 0.961. The normalized spacial score (nSPS) is 14.7. The molecule has 1 aromatic heterocycles. The van der Waals surface area contributed by atoms with E-state index in [2.05, 4.69) is 10.6 Å². The van der Waals surface area contributed by atoms with E-state index in [4.69, 9.17) is 9.15 Å². The lowest BCUT2D eigenvalue weighted by atomic mass is 9.88. The van der Waals surface area contributed by atoms with Gasteiger partial charge >= 0.3 is 0 Å². The molecule has 9 heteroatoms. The van der Waals surface area contributed by atoms with Crippen LogP contribution in [0.5, 0.6) is 5.75 Å². The summed E-state index contributed by atoms with van der Waals surface area (Å²) < 4.78 is 24.1. The van der Waals surface area contributed by atoms with Crippen molar-refractivity contribution in [2.24, 2.45) is 5.92 Å². The SMILES string of the molecule is COc1cccc(C(=O)N[C@@H](C(=O)NCc2ccco2)C2CCN(C(=O)c3cccc(F)c3)CC2)c1. The largest absolute Gasteiger partial charge is 0.497 e. The van der Waals surface area contributed by atoms with E-state index in [9.17, 15) is 18.8 Å². The standard InChI is InChI=1S/C27H28FN3O5/c1-35-22-8-3-5-19(16-22)25(32)30-24(26(33)29-17-23-9-4-14-36-23)18-10-12-31(13-11-18)27(34)20-6-2-7-21(28)15-20/h2-9,14-16,18,24H,10-13,17H2,1H3,(H,29,33)(H,30,32)/t24-/m1/s1. The highest BCUT2D eigenvalue weighted by molar-refractivity contribution is 5.98. The number of amides is 3. The molecule has 0 saturated carbocycles. The maximum absolute atomic E-state index is 13.6. The predicted molar refractivity (Wildman–Crippen MR) is 130 cm³/mol. The minimum atomic E-state index is -0.815. The summed E-state index contributed by atoms with van der Waals surface area (Å²) in [7, 11) is 1.51. The number of carbonyl (C=O) groups is 3. The summed E-state index contributed by atoms with van der Waals surface area (Å²) in [4.78, 5) is 40.7. The monoisotopic (exact) mass is 493 g/mol. The van der Waals surface area contributed by atoms with E-state index in [0.29, 0.717) is 43.0 Å². The molecule has 0 spiro atoms. The number of furan rings is 1. The predicted octanol–water partition coefficient (Wildman–Crippen LogP) is 3.39. The van der Waals surface area contributed by atoms with Crippen molar-refractivity contribution in [2.75, 3.05) is 20.2 Å². The second kappa shape index (κ2) is 11.5. The fourth-order valence-electron chi connectivity index (χ4n) is 4.32. The molecule has 0 radical (unpaired) electrons. The Kier molecular flexibility index (Phi) is 7.99. The van der Waals surface area contributed by atoms with Crippen molar-refractivity contribution in [2.45, 2.75) is 25.4 Å². The van der Waals surface area contributed by atoms with Gasteiger partial charge in [0.2, 0.25) is 5.91 Å². The molecule has 8 nitrogen and oxygen atoms in total. The van der Waals surface area contributed by atoms with Gasteiger partial charge in [-0.05, 0) is 67.3 Å². The molecule has 2 aromatic carbocycles. The van der Waals surface area contributed by atoms with Crippen LogP contribution < -0.4 is 15.4 Å². The Balaban J connectivity index is 1.45. The summed E-state index contributed by atoms with van der Waals surface area (Å²) in [5, 5.41) is 5.71. The van der Waals surface area contributed by atoms with Gasteiger partial charge in [-0.1, -0.05) is 12.1 Å². The topological polar surface area (TPSA) is 101 Å². The van der Waals surface area contributed by atoms with Gasteiger partial charge in [0.25, 0.3) is 11.8 Å². The second-order valence-corrected chi connectivity index (χ2v) is 8.62. The number of nitrogens with zero attached hydrogens (tertiary/aromatic N) is 1. The number of hydrogen-bond donors (Lipinski definition) is 2. The van der Waals surface area contributed by atoms with Crippen LogP contribution in [-0.4, -0.2) is 48.9 Å². The van der Waals surface area contributed by atoms with Gasteiger partial charge in [-0.25, -0.2) is 4.39 Å². The van der Waals surface area contributed by atoms with Crippen molar-refractivity contribution in [1.29, 1.82) is 0 Å². The zero-order valence-corrected chi connectivity index (χ0v) is 19.9. The summed E-state index contributed by atoms with van der Waals surface area (Å²) in [6, 6.07) is 14.9. The van der Waals surface area contributed by atoms with E-state index in [1.165, 1.54) is 31.6 Å². The van der Waals surface area contributed by atoms with Gasteiger partial charge in [-0.2, -0.15) is 0 Å². The molecule has 3 aromatic rings. The Morgan fingerprint density at radius 2 is 1.81 bits per heavy atom. The van der Waals surface area contributed by atoms with Gasteiger partial charge in [0.05, 0.1) is 19.9 Å². The molecule has 0 unspecified atom stereocenters. The van der Waals surface area contributed by atoms with Crippen LogP contribution in [-0.2, 0) is 11.3 Å². The third-order valence-corrected chi connectivity index (χ3v) is 6.29. The van der Waals surface area contributed by atoms with Crippen LogP contribution >= 0.6 is 0 Å². The highest BCUT2D eigenvalue weighted by Gasteiger charge is 2.34. The molecule has 3 amide bonds. The molecule has 1 atom stereocenters. The molecule has 0 aliphatic carbocycles. The lowest BCUT2D eigenvalue weighted by Gasteiger charge is -2.36. The highest BCUT2D eigenvalue weighted by Crippen LogP contribution is 2.24. The van der Waals surface area contributed by atoms with Crippen molar-refractivity contribution >= 4 is 17.7 Å². The lowest BCUT2D eigenvalue weighted by Crippen LogP contribution is -2.53. The van der Waals surface area contributed by atoms with E-state index < -0.39 is 17.8 Å². The minimum absolute atomic E-state index is 0.189. The summed E-state index contributed by atoms with van der Waals surface area (Å²) in [5.74, 6) is -0.533. The Bertz CT molecular complexity index is 1210. The summed E-state index contributed by atoms with van der Waals surface area (Å²) in [5.41, 5.74) is 0.657. The number of carbonyl (C=O) groups excluding carboxylic acids is 3. The fourth-order valence-corrected chi connectivity index (χ4v) is 4.32. The summed E-state index contributed by atoms with van der Waals surface area (Å²) in [6.07, 6.45) is 2.52. The molecule has 2 heterocycles. The van der Waals surface area contributed by atoms with Crippen molar-refractivity contribution in [3.05, 3.63) is 89.6 Å². The average Bonchev–Trinajstić information content (AvgIpc) is 3.44. The molecule has 0 bridgehead atoms. The van der Waals surface area contributed by atoms with Crippen LogP contribution in [0.1, 0.15) is 39.3 Å². The van der Waals surface area contributed by atoms with Crippen LogP contribution in [0.15, 0.2) is 71.3 Å². The molecular weight excluding hydrogens is 465 g/mol. The average molecular weight is 494 g/mol. The van der Waals surface area contributed by atoms with E-state index in [1.807, 2.05) is 0 Å². The van der Waals surface area contributed by atoms with Gasteiger partial charge in [-0.15, -0.1) is 0 Å². The van der Waals surface area contributed by atoms with Crippen LogP contribution in [0.2, 0.25) is 0 Å². The number of likely N-dealkylation sites (tertiary alicyclic amines) is 1. The zero-order chi connectivity index (χ0) is 25.5.